The molecule has 0 aliphatic rings. The summed E-state index contributed by atoms with van der Waals surface area (Å²) in [7, 11) is 1.52. The number of aliphatic carboxylic acids is 1. The Hall–Kier alpha value is -2.38. The molecule has 0 aromatic heterocycles. The summed E-state index contributed by atoms with van der Waals surface area (Å²) in [4.78, 5) is 22.5. The number of amides is 1. The number of methoxy groups -OCH3 is 1. The minimum atomic E-state index is -1.35. The Kier molecular flexibility index (Phi) is 7.07. The first-order chi connectivity index (χ1) is 10.4. The minimum absolute atomic E-state index is 0.146. The van der Waals surface area contributed by atoms with E-state index >= 15 is 0 Å². The number of carbonyl (C=O) groups excluding carboxylic acids is 1. The quantitative estimate of drug-likeness (QED) is 0.480. The SMILES string of the molecule is COCOc1ccc(/C=C/C(=O)NC(C(=O)O)C(C)O)cc1. The number of carboxylic acids is 1. The first-order valence-corrected chi connectivity index (χ1v) is 6.55. The summed E-state index contributed by atoms with van der Waals surface area (Å²) in [5.41, 5.74) is 0.740. The molecule has 0 bridgehead atoms. The number of benzene rings is 1. The van der Waals surface area contributed by atoms with E-state index in [2.05, 4.69) is 5.32 Å². The second-order valence-electron chi connectivity index (χ2n) is 4.52. The Morgan fingerprint density at radius 1 is 1.32 bits per heavy atom. The van der Waals surface area contributed by atoms with E-state index in [0.29, 0.717) is 5.75 Å². The molecule has 0 radical (unpaired) electrons. The van der Waals surface area contributed by atoms with E-state index in [4.69, 9.17) is 14.6 Å². The Labute approximate surface area is 128 Å². The number of hydrogen-bond donors (Lipinski definition) is 3. The number of hydrogen-bond acceptors (Lipinski definition) is 5. The highest BCUT2D eigenvalue weighted by atomic mass is 16.7. The van der Waals surface area contributed by atoms with Crippen molar-refractivity contribution in [3.8, 4) is 5.75 Å². The zero-order valence-electron chi connectivity index (χ0n) is 12.4. The molecule has 3 N–H and O–H groups in total. The fraction of sp³-hybridized carbons (Fsp3) is 0.333. The molecule has 0 aliphatic heterocycles. The average molecular weight is 309 g/mol. The molecule has 7 nitrogen and oxygen atoms in total. The van der Waals surface area contributed by atoms with Crippen LogP contribution in [-0.2, 0) is 14.3 Å². The van der Waals surface area contributed by atoms with Gasteiger partial charge in [0.2, 0.25) is 5.91 Å². The van der Waals surface area contributed by atoms with Crippen molar-refractivity contribution in [3.05, 3.63) is 35.9 Å². The predicted molar refractivity (Wildman–Crippen MR) is 79.2 cm³/mol. The van der Waals surface area contributed by atoms with Gasteiger partial charge in [0, 0.05) is 13.2 Å². The standard InChI is InChI=1S/C15H19NO6/c1-10(17)14(15(19)20)16-13(18)8-5-11-3-6-12(7-4-11)22-9-21-2/h3-8,10,14,17H,9H2,1-2H3,(H,16,18)(H,19,20)/b8-5+. The maximum Gasteiger partial charge on any atom is 0.328 e. The molecule has 22 heavy (non-hydrogen) atoms. The van der Waals surface area contributed by atoms with Crippen LogP contribution in [0.2, 0.25) is 0 Å². The maximum atomic E-state index is 11.6. The van der Waals surface area contributed by atoms with E-state index < -0.39 is 24.0 Å². The Balaban J connectivity index is 2.59. The third kappa shape index (κ3) is 5.94. The number of carboxylic acid groups (broad SMARTS) is 1. The molecule has 0 saturated carbocycles. The molecule has 0 spiro atoms. The highest BCUT2D eigenvalue weighted by Crippen LogP contribution is 2.13. The van der Waals surface area contributed by atoms with Crippen LogP contribution in [0, 0.1) is 0 Å². The zero-order valence-corrected chi connectivity index (χ0v) is 12.4. The predicted octanol–water partition coefficient (Wildman–Crippen LogP) is 0.633. The lowest BCUT2D eigenvalue weighted by Crippen LogP contribution is -2.47. The van der Waals surface area contributed by atoms with Crippen LogP contribution in [0.4, 0.5) is 0 Å². The van der Waals surface area contributed by atoms with Gasteiger partial charge in [0.25, 0.3) is 0 Å². The van der Waals surface area contributed by atoms with Crippen LogP contribution in [0.3, 0.4) is 0 Å². The van der Waals surface area contributed by atoms with E-state index in [1.54, 1.807) is 24.3 Å². The molecule has 0 saturated heterocycles. The largest absolute Gasteiger partial charge is 0.480 e. The van der Waals surface area contributed by atoms with E-state index in [0.717, 1.165) is 5.56 Å². The smallest absolute Gasteiger partial charge is 0.328 e. The Morgan fingerprint density at radius 2 is 1.95 bits per heavy atom. The lowest BCUT2D eigenvalue weighted by molar-refractivity contribution is -0.144. The topological polar surface area (TPSA) is 105 Å². The van der Waals surface area contributed by atoms with Gasteiger partial charge >= 0.3 is 5.97 Å². The average Bonchev–Trinajstić information content (AvgIpc) is 2.49. The van der Waals surface area contributed by atoms with Crippen molar-refractivity contribution in [3.63, 3.8) is 0 Å². The van der Waals surface area contributed by atoms with E-state index in [-0.39, 0.29) is 6.79 Å². The van der Waals surface area contributed by atoms with Gasteiger partial charge in [-0.1, -0.05) is 12.1 Å². The van der Waals surface area contributed by atoms with Gasteiger partial charge < -0.3 is 25.0 Å². The van der Waals surface area contributed by atoms with Crippen molar-refractivity contribution in [1.29, 1.82) is 0 Å². The molecule has 1 aromatic rings. The Bertz CT molecular complexity index is 523. The second kappa shape index (κ2) is 8.81. The summed E-state index contributed by atoms with van der Waals surface area (Å²) >= 11 is 0. The highest BCUT2D eigenvalue weighted by molar-refractivity contribution is 5.94. The molecule has 0 aliphatic carbocycles. The molecule has 0 heterocycles. The monoisotopic (exact) mass is 309 g/mol. The van der Waals surface area contributed by atoms with Crippen LogP contribution < -0.4 is 10.1 Å². The summed E-state index contributed by atoms with van der Waals surface area (Å²) in [6.07, 6.45) is 1.53. The third-order valence-electron chi connectivity index (χ3n) is 2.70. The fourth-order valence-corrected chi connectivity index (χ4v) is 1.56. The van der Waals surface area contributed by atoms with Crippen LogP contribution in [-0.4, -0.2) is 48.1 Å². The minimum Gasteiger partial charge on any atom is -0.480 e. The molecule has 1 amide bonds. The molecule has 2 atom stereocenters. The van der Waals surface area contributed by atoms with Crippen LogP contribution in [0.15, 0.2) is 30.3 Å². The van der Waals surface area contributed by atoms with Gasteiger partial charge in [-0.15, -0.1) is 0 Å². The molecular formula is C15H19NO6. The second-order valence-corrected chi connectivity index (χ2v) is 4.52. The molecule has 1 rings (SSSR count). The summed E-state index contributed by atoms with van der Waals surface area (Å²) in [5, 5.41) is 20.3. The summed E-state index contributed by atoms with van der Waals surface area (Å²) in [6.45, 7) is 1.44. The zero-order chi connectivity index (χ0) is 16.5. The first-order valence-electron chi connectivity index (χ1n) is 6.55. The van der Waals surface area contributed by atoms with Gasteiger partial charge in [-0.2, -0.15) is 0 Å². The van der Waals surface area contributed by atoms with Gasteiger partial charge in [-0.3, -0.25) is 4.79 Å². The van der Waals surface area contributed by atoms with Crippen molar-refractivity contribution in [1.82, 2.24) is 5.32 Å². The number of aliphatic hydroxyl groups is 1. The van der Waals surface area contributed by atoms with E-state index in [1.807, 2.05) is 0 Å². The van der Waals surface area contributed by atoms with Crippen molar-refractivity contribution in [2.45, 2.75) is 19.1 Å². The summed E-state index contributed by atoms with van der Waals surface area (Å²) in [5.74, 6) is -1.27. The van der Waals surface area contributed by atoms with E-state index in [9.17, 15) is 14.7 Å². The number of carbonyl (C=O) groups is 2. The Morgan fingerprint density at radius 3 is 2.45 bits per heavy atom. The molecule has 7 heteroatoms. The van der Waals surface area contributed by atoms with Crippen molar-refractivity contribution < 1.29 is 29.3 Å². The molecule has 1 aromatic carbocycles. The highest BCUT2D eigenvalue weighted by Gasteiger charge is 2.23. The lowest BCUT2D eigenvalue weighted by atomic mass is 10.1. The van der Waals surface area contributed by atoms with Gasteiger partial charge in [0.05, 0.1) is 6.10 Å². The number of nitrogens with one attached hydrogen (secondary N) is 1. The van der Waals surface area contributed by atoms with Crippen LogP contribution in [0.1, 0.15) is 12.5 Å². The van der Waals surface area contributed by atoms with Crippen LogP contribution in [0.5, 0.6) is 5.75 Å². The third-order valence-corrected chi connectivity index (χ3v) is 2.70. The van der Waals surface area contributed by atoms with Gasteiger partial charge in [-0.05, 0) is 30.7 Å². The van der Waals surface area contributed by atoms with E-state index in [1.165, 1.54) is 26.2 Å². The first kappa shape index (κ1) is 17.7. The number of aliphatic hydroxyl groups excluding tert-OH is 1. The van der Waals surface area contributed by atoms with Crippen LogP contribution in [0.25, 0.3) is 6.08 Å². The number of ether oxygens (including phenoxy) is 2. The normalized spacial score (nSPS) is 13.6. The maximum absolute atomic E-state index is 11.6. The van der Waals surface area contributed by atoms with Gasteiger partial charge in [0.15, 0.2) is 12.8 Å². The van der Waals surface area contributed by atoms with Gasteiger partial charge in [-0.25, -0.2) is 4.79 Å². The van der Waals surface area contributed by atoms with Crippen molar-refractivity contribution in [2.24, 2.45) is 0 Å². The van der Waals surface area contributed by atoms with Crippen LogP contribution >= 0.6 is 0 Å². The van der Waals surface area contributed by atoms with Gasteiger partial charge in [0.1, 0.15) is 5.75 Å². The molecule has 2 unspecified atom stereocenters. The van der Waals surface area contributed by atoms with Crippen molar-refractivity contribution >= 4 is 18.0 Å². The molecule has 120 valence electrons. The van der Waals surface area contributed by atoms with Crippen molar-refractivity contribution in [2.75, 3.05) is 13.9 Å². The molecule has 0 fully saturated rings. The fourth-order valence-electron chi connectivity index (χ4n) is 1.56. The summed E-state index contributed by atoms with van der Waals surface area (Å²) < 4.78 is 10.00. The summed E-state index contributed by atoms with van der Waals surface area (Å²) in [6, 6.07) is 5.55. The lowest BCUT2D eigenvalue weighted by Gasteiger charge is -2.15. The number of rotatable bonds is 8. The molecular weight excluding hydrogens is 290 g/mol.